The highest BCUT2D eigenvalue weighted by molar-refractivity contribution is 9.10. The highest BCUT2D eigenvalue weighted by atomic mass is 79.9. The molecule has 0 amide bonds. The number of alkyl halides is 1. The van der Waals surface area contributed by atoms with E-state index < -0.39 is 0 Å². The predicted octanol–water partition coefficient (Wildman–Crippen LogP) is 4.41. The van der Waals surface area contributed by atoms with Gasteiger partial charge in [0.25, 0.3) is 0 Å². The molecular weight excluding hydrogens is 315 g/mol. The summed E-state index contributed by atoms with van der Waals surface area (Å²) >= 11 is 10.3. The van der Waals surface area contributed by atoms with Crippen LogP contribution in [0.25, 0.3) is 10.6 Å². The van der Waals surface area contributed by atoms with Crippen molar-refractivity contribution in [3.63, 3.8) is 0 Å². The van der Waals surface area contributed by atoms with Gasteiger partial charge < -0.3 is 0 Å². The minimum absolute atomic E-state index is 0.207. The molecule has 1 heterocycles. The van der Waals surface area contributed by atoms with Crippen LogP contribution in [0.5, 0.6) is 0 Å². The molecule has 0 bridgehead atoms. The second-order valence-electron chi connectivity index (χ2n) is 3.16. The lowest BCUT2D eigenvalue weighted by Crippen LogP contribution is -1.84. The molecule has 0 fully saturated rings. The maximum absolute atomic E-state index is 13.8. The maximum Gasteiger partial charge on any atom is 0.150 e. The Hall–Kier alpha value is -0.520. The molecule has 0 spiro atoms. The van der Waals surface area contributed by atoms with Gasteiger partial charge in [-0.25, -0.2) is 4.39 Å². The molecular formula is C10H7BrClFN2S. The molecule has 1 aromatic carbocycles. The van der Waals surface area contributed by atoms with Crippen molar-refractivity contribution in [2.75, 3.05) is 0 Å². The Bertz CT molecular complexity index is 515. The van der Waals surface area contributed by atoms with Gasteiger partial charge in [-0.05, 0) is 35.0 Å². The average molecular weight is 322 g/mol. The first-order chi connectivity index (χ1) is 7.59. The van der Waals surface area contributed by atoms with Crippen LogP contribution >= 0.6 is 38.9 Å². The number of benzene rings is 1. The number of hydrogen-bond acceptors (Lipinski definition) is 3. The molecule has 0 saturated carbocycles. The van der Waals surface area contributed by atoms with E-state index in [-0.39, 0.29) is 11.2 Å². The molecule has 0 radical (unpaired) electrons. The minimum Gasteiger partial charge on any atom is -0.205 e. The molecule has 6 heteroatoms. The maximum atomic E-state index is 13.8. The standard InChI is InChI=1S/C10H7BrClFN2S/c1-5(12)9-14-15-10(16-9)6-3-2-4-7(11)8(6)13/h2-5H,1H3. The number of nitrogens with zero attached hydrogens (tertiary/aromatic N) is 2. The van der Waals surface area contributed by atoms with Gasteiger partial charge in [-0.2, -0.15) is 0 Å². The van der Waals surface area contributed by atoms with Crippen LogP contribution in [0.1, 0.15) is 17.3 Å². The fourth-order valence-corrected chi connectivity index (χ4v) is 2.51. The van der Waals surface area contributed by atoms with Crippen molar-refractivity contribution in [3.05, 3.63) is 33.5 Å². The molecule has 0 aliphatic carbocycles. The Morgan fingerprint density at radius 1 is 1.44 bits per heavy atom. The molecule has 2 nitrogen and oxygen atoms in total. The van der Waals surface area contributed by atoms with Gasteiger partial charge in [0.2, 0.25) is 0 Å². The lowest BCUT2D eigenvalue weighted by atomic mass is 10.2. The van der Waals surface area contributed by atoms with Gasteiger partial charge in [0.1, 0.15) is 10.8 Å². The van der Waals surface area contributed by atoms with Crippen molar-refractivity contribution in [1.82, 2.24) is 10.2 Å². The highest BCUT2D eigenvalue weighted by Gasteiger charge is 2.14. The second-order valence-corrected chi connectivity index (χ2v) is 5.68. The SMILES string of the molecule is CC(Cl)c1nnc(-c2cccc(Br)c2F)s1. The zero-order chi connectivity index (χ0) is 11.7. The molecule has 1 unspecified atom stereocenters. The topological polar surface area (TPSA) is 25.8 Å². The van der Waals surface area contributed by atoms with Gasteiger partial charge in [0.15, 0.2) is 5.01 Å². The molecule has 84 valence electrons. The Labute approximate surface area is 110 Å². The summed E-state index contributed by atoms with van der Waals surface area (Å²) in [6.07, 6.45) is 0. The summed E-state index contributed by atoms with van der Waals surface area (Å²) in [5.74, 6) is -0.326. The van der Waals surface area contributed by atoms with Gasteiger partial charge >= 0.3 is 0 Å². The van der Waals surface area contributed by atoms with Gasteiger partial charge in [0.05, 0.1) is 9.85 Å². The highest BCUT2D eigenvalue weighted by Crippen LogP contribution is 2.32. The Kier molecular flexibility index (Phi) is 3.56. The first-order valence-electron chi connectivity index (χ1n) is 4.51. The lowest BCUT2D eigenvalue weighted by molar-refractivity contribution is 0.624. The molecule has 1 atom stereocenters. The van der Waals surface area contributed by atoms with Crippen molar-refractivity contribution in [2.45, 2.75) is 12.3 Å². The fourth-order valence-electron chi connectivity index (χ4n) is 1.17. The summed E-state index contributed by atoms with van der Waals surface area (Å²) in [5.41, 5.74) is 0.440. The number of rotatable bonds is 2. The predicted molar refractivity (Wildman–Crippen MR) is 67.3 cm³/mol. The molecule has 2 rings (SSSR count). The van der Waals surface area contributed by atoms with Crippen LogP contribution in [0.15, 0.2) is 22.7 Å². The second kappa shape index (κ2) is 4.77. The van der Waals surface area contributed by atoms with E-state index in [2.05, 4.69) is 26.1 Å². The van der Waals surface area contributed by atoms with E-state index in [1.807, 2.05) is 6.92 Å². The third-order valence-corrected chi connectivity index (χ3v) is 4.05. The summed E-state index contributed by atoms with van der Waals surface area (Å²) in [7, 11) is 0. The van der Waals surface area contributed by atoms with E-state index in [9.17, 15) is 4.39 Å². The molecule has 0 aliphatic heterocycles. The number of hydrogen-bond donors (Lipinski definition) is 0. The number of aromatic nitrogens is 2. The van der Waals surface area contributed by atoms with Crippen molar-refractivity contribution in [3.8, 4) is 10.6 Å². The molecule has 0 saturated heterocycles. The van der Waals surface area contributed by atoms with Crippen molar-refractivity contribution < 1.29 is 4.39 Å². The lowest BCUT2D eigenvalue weighted by Gasteiger charge is -1.99. The van der Waals surface area contributed by atoms with Crippen LogP contribution in [0.2, 0.25) is 0 Å². The molecule has 0 aliphatic rings. The van der Waals surface area contributed by atoms with Crippen LogP contribution in [-0.2, 0) is 0 Å². The van der Waals surface area contributed by atoms with E-state index >= 15 is 0 Å². The van der Waals surface area contributed by atoms with Crippen molar-refractivity contribution in [2.24, 2.45) is 0 Å². The zero-order valence-corrected chi connectivity index (χ0v) is 11.4. The quantitative estimate of drug-likeness (QED) is 0.766. The summed E-state index contributed by atoms with van der Waals surface area (Å²) in [5, 5.41) is 8.88. The van der Waals surface area contributed by atoms with E-state index in [0.29, 0.717) is 20.1 Å². The first-order valence-corrected chi connectivity index (χ1v) is 6.56. The van der Waals surface area contributed by atoms with Gasteiger partial charge in [-0.15, -0.1) is 21.8 Å². The molecule has 16 heavy (non-hydrogen) atoms. The largest absolute Gasteiger partial charge is 0.205 e. The number of halogens is 3. The monoisotopic (exact) mass is 320 g/mol. The average Bonchev–Trinajstić information content (AvgIpc) is 2.71. The van der Waals surface area contributed by atoms with Crippen LogP contribution in [0.4, 0.5) is 4.39 Å². The molecule has 1 aromatic heterocycles. The van der Waals surface area contributed by atoms with E-state index in [4.69, 9.17) is 11.6 Å². The van der Waals surface area contributed by atoms with Crippen molar-refractivity contribution >= 4 is 38.9 Å². The Balaban J connectivity index is 2.47. The molecule has 0 N–H and O–H groups in total. The summed E-state index contributed by atoms with van der Waals surface area (Å²) in [6, 6.07) is 5.07. The Morgan fingerprint density at radius 3 is 2.81 bits per heavy atom. The smallest absolute Gasteiger partial charge is 0.150 e. The third kappa shape index (κ3) is 2.26. The zero-order valence-electron chi connectivity index (χ0n) is 8.25. The first kappa shape index (κ1) is 12.0. The van der Waals surface area contributed by atoms with Crippen molar-refractivity contribution in [1.29, 1.82) is 0 Å². The van der Waals surface area contributed by atoms with E-state index in [1.54, 1.807) is 18.2 Å². The molecule has 2 aromatic rings. The van der Waals surface area contributed by atoms with Gasteiger partial charge in [0, 0.05) is 5.56 Å². The van der Waals surface area contributed by atoms with Gasteiger partial charge in [-0.1, -0.05) is 17.4 Å². The fraction of sp³-hybridized carbons (Fsp3) is 0.200. The normalized spacial score (nSPS) is 12.8. The summed E-state index contributed by atoms with van der Waals surface area (Å²) in [4.78, 5) is 0. The third-order valence-electron chi connectivity index (χ3n) is 1.96. The Morgan fingerprint density at radius 2 is 2.19 bits per heavy atom. The summed E-state index contributed by atoms with van der Waals surface area (Å²) in [6.45, 7) is 1.81. The van der Waals surface area contributed by atoms with Crippen LogP contribution in [-0.4, -0.2) is 10.2 Å². The van der Waals surface area contributed by atoms with Crippen LogP contribution < -0.4 is 0 Å². The van der Waals surface area contributed by atoms with Crippen LogP contribution in [0, 0.1) is 5.82 Å². The van der Waals surface area contributed by atoms with Crippen LogP contribution in [0.3, 0.4) is 0 Å². The summed E-state index contributed by atoms with van der Waals surface area (Å²) < 4.78 is 14.2. The van der Waals surface area contributed by atoms with Gasteiger partial charge in [-0.3, -0.25) is 0 Å². The van der Waals surface area contributed by atoms with E-state index in [1.165, 1.54) is 11.3 Å². The van der Waals surface area contributed by atoms with E-state index in [0.717, 1.165) is 0 Å². The minimum atomic E-state index is -0.326.